The number of hydrogen-bond donors (Lipinski definition) is 2. The van der Waals surface area contributed by atoms with Crippen LogP contribution < -0.4 is 10.6 Å². The van der Waals surface area contributed by atoms with E-state index in [4.69, 9.17) is 4.74 Å². The van der Waals surface area contributed by atoms with Crippen LogP contribution in [0.4, 0.5) is 4.79 Å². The maximum Gasteiger partial charge on any atom is 0.408 e. The molecule has 1 atom stereocenters. The predicted octanol–water partition coefficient (Wildman–Crippen LogP) is 1.37. The van der Waals surface area contributed by atoms with E-state index >= 15 is 0 Å². The second kappa shape index (κ2) is 9.76. The predicted molar refractivity (Wildman–Crippen MR) is 95.0 cm³/mol. The molecule has 8 heteroatoms. The third-order valence-corrected chi connectivity index (χ3v) is 4.48. The SMILES string of the molecule is CNC(=O)C(CCSCCN1CCCC1=O)NC(=O)OC(C)(C)C. The van der Waals surface area contributed by atoms with E-state index in [-0.39, 0.29) is 11.8 Å². The van der Waals surface area contributed by atoms with E-state index in [9.17, 15) is 14.4 Å². The van der Waals surface area contributed by atoms with E-state index in [1.165, 1.54) is 7.05 Å². The molecule has 0 aromatic heterocycles. The largest absolute Gasteiger partial charge is 0.444 e. The van der Waals surface area contributed by atoms with Crippen LogP contribution >= 0.6 is 11.8 Å². The van der Waals surface area contributed by atoms with Crippen LogP contribution in [0.5, 0.6) is 0 Å². The van der Waals surface area contributed by atoms with Gasteiger partial charge >= 0.3 is 6.09 Å². The topological polar surface area (TPSA) is 87.7 Å². The molecule has 1 saturated heterocycles. The number of thioether (sulfide) groups is 1. The first kappa shape index (κ1) is 20.6. The summed E-state index contributed by atoms with van der Waals surface area (Å²) in [5, 5.41) is 5.17. The summed E-state index contributed by atoms with van der Waals surface area (Å²) in [5.74, 6) is 1.54. The summed E-state index contributed by atoms with van der Waals surface area (Å²) in [6.07, 6.45) is 1.52. The molecule has 138 valence electrons. The van der Waals surface area contributed by atoms with Gasteiger partial charge in [-0.2, -0.15) is 11.8 Å². The van der Waals surface area contributed by atoms with Gasteiger partial charge in [0.05, 0.1) is 0 Å². The van der Waals surface area contributed by atoms with Gasteiger partial charge in [0.15, 0.2) is 0 Å². The standard InChI is InChI=1S/C16H29N3O4S/c1-16(2,3)23-15(22)18-12(14(21)17-4)7-10-24-11-9-19-8-5-6-13(19)20/h12H,5-11H2,1-4H3,(H,17,21)(H,18,22). The van der Waals surface area contributed by atoms with E-state index in [1.54, 1.807) is 32.5 Å². The van der Waals surface area contributed by atoms with Crippen LogP contribution in [0.3, 0.4) is 0 Å². The Morgan fingerprint density at radius 3 is 2.58 bits per heavy atom. The number of nitrogens with zero attached hydrogens (tertiary/aromatic N) is 1. The van der Waals surface area contributed by atoms with E-state index in [0.29, 0.717) is 12.8 Å². The number of rotatable bonds is 8. The quantitative estimate of drug-likeness (QED) is 0.639. The molecule has 1 heterocycles. The fourth-order valence-corrected chi connectivity index (χ4v) is 3.27. The molecular weight excluding hydrogens is 330 g/mol. The van der Waals surface area contributed by atoms with Crippen molar-refractivity contribution >= 4 is 29.7 Å². The zero-order valence-corrected chi connectivity index (χ0v) is 15.8. The second-order valence-corrected chi connectivity index (χ2v) is 7.92. The van der Waals surface area contributed by atoms with Gasteiger partial charge in [-0.05, 0) is 39.4 Å². The third-order valence-electron chi connectivity index (χ3n) is 3.48. The summed E-state index contributed by atoms with van der Waals surface area (Å²) in [5.41, 5.74) is -0.603. The highest BCUT2D eigenvalue weighted by Crippen LogP contribution is 2.12. The smallest absolute Gasteiger partial charge is 0.408 e. The van der Waals surface area contributed by atoms with Gasteiger partial charge in [-0.25, -0.2) is 4.79 Å². The summed E-state index contributed by atoms with van der Waals surface area (Å²) in [7, 11) is 1.54. The van der Waals surface area contributed by atoms with Crippen LogP contribution in [0.15, 0.2) is 0 Å². The zero-order valence-electron chi connectivity index (χ0n) is 15.0. The van der Waals surface area contributed by atoms with Gasteiger partial charge < -0.3 is 20.3 Å². The lowest BCUT2D eigenvalue weighted by atomic mass is 10.2. The number of alkyl carbamates (subject to hydrolysis) is 1. The molecule has 3 amide bonds. The van der Waals surface area contributed by atoms with Gasteiger partial charge in [0.2, 0.25) is 11.8 Å². The van der Waals surface area contributed by atoms with E-state index in [1.807, 2.05) is 4.90 Å². The number of likely N-dealkylation sites (tertiary alicyclic amines) is 1. The van der Waals surface area contributed by atoms with Crippen LogP contribution in [-0.4, -0.2) is 66.1 Å². The highest BCUT2D eigenvalue weighted by atomic mass is 32.2. The van der Waals surface area contributed by atoms with E-state index in [2.05, 4.69) is 10.6 Å². The van der Waals surface area contributed by atoms with Crippen molar-refractivity contribution in [1.82, 2.24) is 15.5 Å². The minimum atomic E-state index is -0.620. The summed E-state index contributed by atoms with van der Waals surface area (Å²) in [6, 6.07) is -0.620. The van der Waals surface area contributed by atoms with Gasteiger partial charge in [-0.3, -0.25) is 9.59 Å². The maximum atomic E-state index is 11.9. The van der Waals surface area contributed by atoms with Gasteiger partial charge in [0.1, 0.15) is 11.6 Å². The number of ether oxygens (including phenoxy) is 1. The monoisotopic (exact) mass is 359 g/mol. The van der Waals surface area contributed by atoms with Crippen LogP contribution in [0, 0.1) is 0 Å². The molecule has 0 saturated carbocycles. The van der Waals surface area contributed by atoms with Crippen molar-refractivity contribution in [3.05, 3.63) is 0 Å². The Balaban J connectivity index is 2.31. The molecule has 0 aliphatic carbocycles. The van der Waals surface area contributed by atoms with Crippen LogP contribution in [0.2, 0.25) is 0 Å². The Morgan fingerprint density at radius 2 is 2.04 bits per heavy atom. The number of nitrogens with one attached hydrogen (secondary N) is 2. The molecular formula is C16H29N3O4S. The van der Waals surface area contributed by atoms with Crippen molar-refractivity contribution in [1.29, 1.82) is 0 Å². The molecule has 0 aromatic carbocycles. The Kier molecular flexibility index (Phi) is 8.38. The number of hydrogen-bond acceptors (Lipinski definition) is 5. The van der Waals surface area contributed by atoms with Crippen LogP contribution in [-0.2, 0) is 14.3 Å². The van der Waals surface area contributed by atoms with Gasteiger partial charge in [0.25, 0.3) is 0 Å². The second-order valence-electron chi connectivity index (χ2n) is 6.70. The summed E-state index contributed by atoms with van der Waals surface area (Å²) in [6.45, 7) is 6.92. The molecule has 1 aliphatic heterocycles. The van der Waals surface area contributed by atoms with Crippen molar-refractivity contribution < 1.29 is 19.1 Å². The molecule has 24 heavy (non-hydrogen) atoms. The lowest BCUT2D eigenvalue weighted by molar-refractivity contribution is -0.127. The number of carbonyl (C=O) groups excluding carboxylic acids is 3. The molecule has 7 nitrogen and oxygen atoms in total. The van der Waals surface area contributed by atoms with Gasteiger partial charge in [0, 0.05) is 32.3 Å². The first-order chi connectivity index (χ1) is 11.2. The number of carbonyl (C=O) groups is 3. The Bertz CT molecular complexity index is 451. The third kappa shape index (κ3) is 7.90. The molecule has 1 aliphatic rings. The molecule has 0 bridgehead atoms. The van der Waals surface area contributed by atoms with Crippen molar-refractivity contribution in [3.63, 3.8) is 0 Å². The van der Waals surface area contributed by atoms with Crippen molar-refractivity contribution in [2.24, 2.45) is 0 Å². The molecule has 1 rings (SSSR count). The first-order valence-electron chi connectivity index (χ1n) is 8.29. The highest BCUT2D eigenvalue weighted by molar-refractivity contribution is 7.99. The number of amides is 3. The van der Waals surface area contributed by atoms with E-state index < -0.39 is 17.7 Å². The average Bonchev–Trinajstić information content (AvgIpc) is 2.88. The molecule has 1 fully saturated rings. The number of likely N-dealkylation sites (N-methyl/N-ethyl adjacent to an activating group) is 1. The minimum absolute atomic E-state index is 0.227. The minimum Gasteiger partial charge on any atom is -0.444 e. The van der Waals surface area contributed by atoms with Crippen molar-refractivity contribution in [2.75, 3.05) is 31.6 Å². The fourth-order valence-electron chi connectivity index (χ4n) is 2.31. The summed E-state index contributed by atoms with van der Waals surface area (Å²) >= 11 is 1.67. The zero-order chi connectivity index (χ0) is 18.2. The summed E-state index contributed by atoms with van der Waals surface area (Å²) < 4.78 is 5.19. The van der Waals surface area contributed by atoms with Crippen molar-refractivity contribution in [3.8, 4) is 0 Å². The summed E-state index contributed by atoms with van der Waals surface area (Å²) in [4.78, 5) is 37.1. The lowest BCUT2D eigenvalue weighted by Gasteiger charge is -2.23. The maximum absolute atomic E-state index is 11.9. The van der Waals surface area contributed by atoms with Gasteiger partial charge in [-0.1, -0.05) is 0 Å². The normalized spacial score (nSPS) is 16.0. The molecule has 1 unspecified atom stereocenters. The molecule has 2 N–H and O–H groups in total. The Morgan fingerprint density at radius 1 is 1.33 bits per heavy atom. The highest BCUT2D eigenvalue weighted by Gasteiger charge is 2.23. The molecule has 0 aromatic rings. The molecule has 0 radical (unpaired) electrons. The lowest BCUT2D eigenvalue weighted by Crippen LogP contribution is -2.47. The Hall–Kier alpha value is -1.44. The van der Waals surface area contributed by atoms with Crippen molar-refractivity contribution in [2.45, 2.75) is 51.7 Å². The Labute approximate surface area is 148 Å². The van der Waals surface area contributed by atoms with Crippen LogP contribution in [0.25, 0.3) is 0 Å². The van der Waals surface area contributed by atoms with E-state index in [0.717, 1.165) is 31.0 Å². The average molecular weight is 359 g/mol. The van der Waals surface area contributed by atoms with Crippen LogP contribution in [0.1, 0.15) is 40.0 Å². The molecule has 0 spiro atoms. The fraction of sp³-hybridized carbons (Fsp3) is 0.812. The first-order valence-corrected chi connectivity index (χ1v) is 9.45. The van der Waals surface area contributed by atoms with Gasteiger partial charge in [-0.15, -0.1) is 0 Å².